The molecule has 1 N–H and O–H groups in total. The van der Waals surface area contributed by atoms with E-state index in [4.69, 9.17) is 4.74 Å². The lowest BCUT2D eigenvalue weighted by Crippen LogP contribution is -2.18. The van der Waals surface area contributed by atoms with E-state index in [1.807, 2.05) is 18.3 Å². The first-order valence-electron chi connectivity index (χ1n) is 7.24. The van der Waals surface area contributed by atoms with Gasteiger partial charge in [-0.25, -0.2) is 0 Å². The van der Waals surface area contributed by atoms with Gasteiger partial charge >= 0.3 is 0 Å². The van der Waals surface area contributed by atoms with Crippen LogP contribution in [0, 0.1) is 0 Å². The Morgan fingerprint density at radius 3 is 3.10 bits per heavy atom. The van der Waals surface area contributed by atoms with Gasteiger partial charge in [-0.05, 0) is 48.7 Å². The van der Waals surface area contributed by atoms with E-state index in [1.165, 1.54) is 17.5 Å². The maximum atomic E-state index is 5.85. The summed E-state index contributed by atoms with van der Waals surface area (Å²) < 4.78 is 5.85. The van der Waals surface area contributed by atoms with Crippen LogP contribution in [-0.4, -0.2) is 11.5 Å². The van der Waals surface area contributed by atoms with Crippen LogP contribution in [0.25, 0.3) is 0 Å². The summed E-state index contributed by atoms with van der Waals surface area (Å²) in [4.78, 5) is 4.10. The number of aromatic nitrogens is 1. The van der Waals surface area contributed by atoms with Gasteiger partial charge in [0.1, 0.15) is 12.4 Å². The summed E-state index contributed by atoms with van der Waals surface area (Å²) in [7, 11) is 0. The zero-order valence-electron chi connectivity index (χ0n) is 11.8. The van der Waals surface area contributed by atoms with Gasteiger partial charge in [-0.1, -0.05) is 19.1 Å². The first-order valence-corrected chi connectivity index (χ1v) is 7.24. The number of hydrogen-bond donors (Lipinski definition) is 1. The van der Waals surface area contributed by atoms with Crippen LogP contribution in [0.15, 0.2) is 42.7 Å². The molecule has 0 saturated heterocycles. The summed E-state index contributed by atoms with van der Waals surface area (Å²) in [5, 5.41) is 3.53. The van der Waals surface area contributed by atoms with Crippen LogP contribution in [-0.2, 0) is 13.0 Å². The minimum atomic E-state index is 0.516. The van der Waals surface area contributed by atoms with Crippen molar-refractivity contribution >= 4 is 0 Å². The molecule has 20 heavy (non-hydrogen) atoms. The molecule has 104 valence electrons. The summed E-state index contributed by atoms with van der Waals surface area (Å²) in [6.07, 6.45) is 5.95. The minimum absolute atomic E-state index is 0.516. The fourth-order valence-electron chi connectivity index (χ4n) is 2.79. The second kappa shape index (κ2) is 6.06. The van der Waals surface area contributed by atoms with Crippen molar-refractivity contribution in [3.63, 3.8) is 0 Å². The maximum absolute atomic E-state index is 5.85. The zero-order chi connectivity index (χ0) is 13.8. The third kappa shape index (κ3) is 2.83. The number of benzene rings is 1. The number of aryl methyl sites for hydroxylation is 1. The van der Waals surface area contributed by atoms with Crippen molar-refractivity contribution in [2.24, 2.45) is 0 Å². The van der Waals surface area contributed by atoms with Crippen LogP contribution >= 0.6 is 0 Å². The Kier molecular flexibility index (Phi) is 3.97. The number of hydrogen-bond acceptors (Lipinski definition) is 3. The molecule has 0 spiro atoms. The highest BCUT2D eigenvalue weighted by Gasteiger charge is 2.21. The molecule has 1 aliphatic rings. The highest BCUT2D eigenvalue weighted by Crippen LogP contribution is 2.33. The standard InChI is InChI=1S/C17H20N2O/c1-2-19-17-8-5-14-10-15(6-7-16(14)17)20-12-13-4-3-9-18-11-13/h3-4,6-7,9-11,17,19H,2,5,8,12H2,1H3. The predicted octanol–water partition coefficient (Wildman–Crippen LogP) is 3.26. The van der Waals surface area contributed by atoms with Crippen molar-refractivity contribution in [1.29, 1.82) is 0 Å². The van der Waals surface area contributed by atoms with Gasteiger partial charge in [-0.15, -0.1) is 0 Å². The van der Waals surface area contributed by atoms with Gasteiger partial charge in [0.15, 0.2) is 0 Å². The zero-order valence-corrected chi connectivity index (χ0v) is 11.8. The fourth-order valence-corrected chi connectivity index (χ4v) is 2.79. The normalized spacial score (nSPS) is 16.9. The lowest BCUT2D eigenvalue weighted by atomic mass is 10.1. The molecule has 1 heterocycles. The molecule has 3 heteroatoms. The summed E-state index contributed by atoms with van der Waals surface area (Å²) in [6, 6.07) is 10.9. The van der Waals surface area contributed by atoms with E-state index < -0.39 is 0 Å². The van der Waals surface area contributed by atoms with Crippen LogP contribution < -0.4 is 10.1 Å². The van der Waals surface area contributed by atoms with Crippen molar-refractivity contribution < 1.29 is 4.74 Å². The van der Waals surface area contributed by atoms with Crippen LogP contribution in [0.1, 0.15) is 36.1 Å². The Labute approximate surface area is 120 Å². The van der Waals surface area contributed by atoms with Gasteiger partial charge in [0, 0.05) is 24.0 Å². The third-order valence-corrected chi connectivity index (χ3v) is 3.77. The van der Waals surface area contributed by atoms with Crippen molar-refractivity contribution in [3.05, 3.63) is 59.4 Å². The van der Waals surface area contributed by atoms with Gasteiger partial charge in [-0.3, -0.25) is 4.98 Å². The summed E-state index contributed by atoms with van der Waals surface area (Å²) in [5.74, 6) is 0.949. The summed E-state index contributed by atoms with van der Waals surface area (Å²) in [5.41, 5.74) is 3.94. The molecule has 1 aromatic carbocycles. The molecule has 1 atom stereocenters. The van der Waals surface area contributed by atoms with Crippen LogP contribution in [0.2, 0.25) is 0 Å². The van der Waals surface area contributed by atoms with Gasteiger partial charge in [0.05, 0.1) is 0 Å². The molecular formula is C17H20N2O. The smallest absolute Gasteiger partial charge is 0.120 e. The molecule has 3 rings (SSSR count). The van der Waals surface area contributed by atoms with Crippen LogP contribution in [0.4, 0.5) is 0 Å². The Morgan fingerprint density at radius 1 is 1.35 bits per heavy atom. The predicted molar refractivity (Wildman–Crippen MR) is 79.7 cm³/mol. The Hall–Kier alpha value is -1.87. The highest BCUT2D eigenvalue weighted by atomic mass is 16.5. The molecule has 1 aliphatic carbocycles. The number of nitrogens with zero attached hydrogens (tertiary/aromatic N) is 1. The number of nitrogens with one attached hydrogen (secondary N) is 1. The lowest BCUT2D eigenvalue weighted by Gasteiger charge is -2.13. The number of rotatable bonds is 5. The average molecular weight is 268 g/mol. The van der Waals surface area contributed by atoms with E-state index in [-0.39, 0.29) is 0 Å². The molecular weight excluding hydrogens is 248 g/mol. The molecule has 0 radical (unpaired) electrons. The highest BCUT2D eigenvalue weighted by molar-refractivity contribution is 5.40. The van der Waals surface area contributed by atoms with Crippen molar-refractivity contribution in [2.75, 3.05) is 6.54 Å². The van der Waals surface area contributed by atoms with Gasteiger partial charge < -0.3 is 10.1 Å². The summed E-state index contributed by atoms with van der Waals surface area (Å²) in [6.45, 7) is 3.75. The van der Waals surface area contributed by atoms with Crippen LogP contribution in [0.5, 0.6) is 5.75 Å². The topological polar surface area (TPSA) is 34.1 Å². The molecule has 1 aromatic heterocycles. The Bertz CT molecular complexity index is 568. The number of ether oxygens (including phenoxy) is 1. The number of fused-ring (bicyclic) bond motifs is 1. The molecule has 0 bridgehead atoms. The van der Waals surface area contributed by atoms with Gasteiger partial charge in [0.2, 0.25) is 0 Å². The molecule has 0 amide bonds. The van der Waals surface area contributed by atoms with E-state index in [0.717, 1.165) is 24.3 Å². The molecule has 1 unspecified atom stereocenters. The second-order valence-corrected chi connectivity index (χ2v) is 5.16. The Balaban J connectivity index is 1.68. The monoisotopic (exact) mass is 268 g/mol. The third-order valence-electron chi connectivity index (χ3n) is 3.77. The molecule has 0 saturated carbocycles. The Morgan fingerprint density at radius 2 is 2.30 bits per heavy atom. The van der Waals surface area contributed by atoms with E-state index in [0.29, 0.717) is 12.6 Å². The van der Waals surface area contributed by atoms with E-state index in [2.05, 4.69) is 35.4 Å². The second-order valence-electron chi connectivity index (χ2n) is 5.16. The largest absolute Gasteiger partial charge is 0.489 e. The first-order chi connectivity index (χ1) is 9.86. The molecule has 0 aliphatic heterocycles. The van der Waals surface area contributed by atoms with Crippen LogP contribution in [0.3, 0.4) is 0 Å². The average Bonchev–Trinajstić information content (AvgIpc) is 2.89. The van der Waals surface area contributed by atoms with Crippen molar-refractivity contribution in [2.45, 2.75) is 32.4 Å². The first kappa shape index (κ1) is 13.1. The molecule has 3 nitrogen and oxygen atoms in total. The van der Waals surface area contributed by atoms with Gasteiger partial charge in [0.25, 0.3) is 0 Å². The van der Waals surface area contributed by atoms with E-state index >= 15 is 0 Å². The summed E-state index contributed by atoms with van der Waals surface area (Å²) >= 11 is 0. The quantitative estimate of drug-likeness (QED) is 0.903. The fraction of sp³-hybridized carbons (Fsp3) is 0.353. The van der Waals surface area contributed by atoms with Crippen molar-refractivity contribution in [1.82, 2.24) is 10.3 Å². The molecule has 0 fully saturated rings. The van der Waals surface area contributed by atoms with Crippen molar-refractivity contribution in [3.8, 4) is 5.75 Å². The number of pyridine rings is 1. The lowest BCUT2D eigenvalue weighted by molar-refractivity contribution is 0.305. The van der Waals surface area contributed by atoms with E-state index in [9.17, 15) is 0 Å². The van der Waals surface area contributed by atoms with E-state index in [1.54, 1.807) is 6.20 Å². The molecule has 2 aromatic rings. The maximum Gasteiger partial charge on any atom is 0.120 e. The minimum Gasteiger partial charge on any atom is -0.489 e. The van der Waals surface area contributed by atoms with Gasteiger partial charge in [-0.2, -0.15) is 0 Å². The SMILES string of the molecule is CCNC1CCc2cc(OCc3cccnc3)ccc21.